The fourth-order valence-electron chi connectivity index (χ4n) is 4.83. The van der Waals surface area contributed by atoms with E-state index in [0.717, 1.165) is 12.8 Å². The molecule has 0 aromatic heterocycles. The van der Waals surface area contributed by atoms with Crippen LogP contribution < -0.4 is 15.8 Å². The van der Waals surface area contributed by atoms with Crippen molar-refractivity contribution < 1.29 is 19.1 Å². The number of hydrogen-bond acceptors (Lipinski definition) is 5. The minimum atomic E-state index is -1.08. The molecule has 0 aliphatic carbocycles. The fourth-order valence-corrected chi connectivity index (χ4v) is 4.83. The number of Topliss-reactive ketones (excluding diaryl/α,β-unsaturated/α-hetero) is 1. The van der Waals surface area contributed by atoms with E-state index in [0.29, 0.717) is 50.1 Å². The number of hydrogen-bond donors (Lipinski definition) is 2. The predicted octanol–water partition coefficient (Wildman–Crippen LogP) is 3.26. The SMILES string of the molecule is CC(C)(N)C(=O)NC(CCCc1ccccc1)C(=O)N1CCC2(CC1)CC(=O)c1ccccc1O2. The quantitative estimate of drug-likeness (QED) is 0.637. The first-order valence-corrected chi connectivity index (χ1v) is 12.4. The summed E-state index contributed by atoms with van der Waals surface area (Å²) in [5.74, 6) is 0.262. The van der Waals surface area contributed by atoms with Crippen molar-refractivity contribution in [2.24, 2.45) is 5.73 Å². The van der Waals surface area contributed by atoms with E-state index in [2.05, 4.69) is 17.4 Å². The van der Waals surface area contributed by atoms with Crippen LogP contribution in [-0.2, 0) is 16.0 Å². The molecule has 2 heterocycles. The first kappa shape index (κ1) is 24.9. The number of nitrogens with zero attached hydrogens (tertiary/aromatic N) is 1. The van der Waals surface area contributed by atoms with Crippen LogP contribution in [0.4, 0.5) is 0 Å². The molecule has 0 bridgehead atoms. The second-order valence-electron chi connectivity index (χ2n) is 10.3. The fraction of sp³-hybridized carbons (Fsp3) is 0.464. The van der Waals surface area contributed by atoms with Crippen LogP contribution in [0.25, 0.3) is 0 Å². The highest BCUT2D eigenvalue weighted by molar-refractivity contribution is 6.00. The van der Waals surface area contributed by atoms with Gasteiger partial charge in [0.2, 0.25) is 11.8 Å². The molecule has 2 amide bonds. The molecule has 1 atom stereocenters. The smallest absolute Gasteiger partial charge is 0.245 e. The monoisotopic (exact) mass is 477 g/mol. The van der Waals surface area contributed by atoms with Crippen molar-refractivity contribution in [3.63, 3.8) is 0 Å². The molecule has 3 N–H and O–H groups in total. The van der Waals surface area contributed by atoms with Gasteiger partial charge in [0.1, 0.15) is 17.4 Å². The molecule has 1 spiro atoms. The number of carbonyl (C=O) groups is 3. The summed E-state index contributed by atoms with van der Waals surface area (Å²) in [7, 11) is 0. The van der Waals surface area contributed by atoms with Crippen LogP contribution >= 0.6 is 0 Å². The lowest BCUT2D eigenvalue weighted by atomic mass is 9.82. The van der Waals surface area contributed by atoms with Gasteiger partial charge in [0, 0.05) is 25.9 Å². The summed E-state index contributed by atoms with van der Waals surface area (Å²) >= 11 is 0. The highest BCUT2D eigenvalue weighted by Crippen LogP contribution is 2.39. The first-order valence-electron chi connectivity index (χ1n) is 12.4. The molecule has 2 aromatic rings. The summed E-state index contributed by atoms with van der Waals surface area (Å²) in [6, 6.07) is 16.8. The van der Waals surface area contributed by atoms with Crippen LogP contribution in [0.15, 0.2) is 54.6 Å². The van der Waals surface area contributed by atoms with Crippen LogP contribution in [0.3, 0.4) is 0 Å². The van der Waals surface area contributed by atoms with Gasteiger partial charge in [-0.15, -0.1) is 0 Å². The second-order valence-corrected chi connectivity index (χ2v) is 10.3. The number of nitrogens with one attached hydrogen (secondary N) is 1. The lowest BCUT2D eigenvalue weighted by Gasteiger charge is -2.44. The van der Waals surface area contributed by atoms with E-state index in [1.165, 1.54) is 5.56 Å². The second kappa shape index (κ2) is 10.2. The van der Waals surface area contributed by atoms with Gasteiger partial charge in [0.25, 0.3) is 0 Å². The number of aryl methyl sites for hydroxylation is 1. The number of amides is 2. The van der Waals surface area contributed by atoms with Crippen LogP contribution in [0.2, 0.25) is 0 Å². The number of rotatable bonds is 7. The zero-order chi connectivity index (χ0) is 25.1. The Morgan fingerprint density at radius 3 is 2.43 bits per heavy atom. The Morgan fingerprint density at radius 2 is 1.74 bits per heavy atom. The van der Waals surface area contributed by atoms with Crippen molar-refractivity contribution in [2.75, 3.05) is 13.1 Å². The molecule has 1 unspecified atom stereocenters. The summed E-state index contributed by atoms with van der Waals surface area (Å²) in [5.41, 5.74) is 6.16. The van der Waals surface area contributed by atoms with Crippen molar-refractivity contribution in [1.82, 2.24) is 10.2 Å². The predicted molar refractivity (Wildman–Crippen MR) is 134 cm³/mol. The van der Waals surface area contributed by atoms with Gasteiger partial charge in [0.05, 0.1) is 17.5 Å². The maximum absolute atomic E-state index is 13.5. The zero-order valence-electron chi connectivity index (χ0n) is 20.6. The first-order chi connectivity index (χ1) is 16.7. The van der Waals surface area contributed by atoms with Gasteiger partial charge in [-0.25, -0.2) is 0 Å². The van der Waals surface area contributed by atoms with E-state index >= 15 is 0 Å². The molecule has 7 nitrogen and oxygen atoms in total. The minimum absolute atomic E-state index is 0.0860. The third kappa shape index (κ3) is 5.90. The van der Waals surface area contributed by atoms with Gasteiger partial charge in [-0.05, 0) is 50.8 Å². The van der Waals surface area contributed by atoms with E-state index in [1.807, 2.05) is 36.4 Å². The summed E-state index contributed by atoms with van der Waals surface area (Å²) in [6.07, 6.45) is 3.59. The molecule has 0 radical (unpaired) electrons. The number of nitrogens with two attached hydrogens (primary N) is 1. The summed E-state index contributed by atoms with van der Waals surface area (Å²) in [6.45, 7) is 4.22. The zero-order valence-corrected chi connectivity index (χ0v) is 20.6. The van der Waals surface area contributed by atoms with E-state index in [1.54, 1.807) is 24.8 Å². The Kier molecular flexibility index (Phi) is 7.26. The Balaban J connectivity index is 1.40. The van der Waals surface area contributed by atoms with Gasteiger partial charge in [-0.1, -0.05) is 42.5 Å². The van der Waals surface area contributed by atoms with Gasteiger partial charge in [0.15, 0.2) is 5.78 Å². The molecule has 7 heteroatoms. The maximum Gasteiger partial charge on any atom is 0.245 e. The van der Waals surface area contributed by atoms with Gasteiger partial charge in [-0.2, -0.15) is 0 Å². The maximum atomic E-state index is 13.5. The molecule has 2 aromatic carbocycles. The van der Waals surface area contributed by atoms with Crippen LogP contribution in [0.1, 0.15) is 61.9 Å². The normalized spacial score (nSPS) is 17.9. The number of likely N-dealkylation sites (tertiary alicyclic amines) is 1. The molecule has 186 valence electrons. The third-order valence-corrected chi connectivity index (χ3v) is 6.97. The number of piperidine rings is 1. The van der Waals surface area contributed by atoms with Crippen molar-refractivity contribution in [3.8, 4) is 5.75 Å². The molecular formula is C28H35N3O4. The van der Waals surface area contributed by atoms with Crippen LogP contribution in [0, 0.1) is 0 Å². The molecular weight excluding hydrogens is 442 g/mol. The van der Waals surface area contributed by atoms with Crippen molar-refractivity contribution in [1.29, 1.82) is 0 Å². The number of ether oxygens (including phenoxy) is 1. The molecule has 0 saturated carbocycles. The average molecular weight is 478 g/mol. The Bertz CT molecular complexity index is 1070. The Morgan fingerprint density at radius 1 is 1.09 bits per heavy atom. The van der Waals surface area contributed by atoms with Crippen LogP contribution in [-0.4, -0.2) is 52.8 Å². The molecule has 1 fully saturated rings. The van der Waals surface area contributed by atoms with Crippen LogP contribution in [0.5, 0.6) is 5.75 Å². The highest BCUT2D eigenvalue weighted by atomic mass is 16.5. The lowest BCUT2D eigenvalue weighted by molar-refractivity contribution is -0.140. The van der Waals surface area contributed by atoms with Gasteiger partial charge < -0.3 is 20.7 Å². The van der Waals surface area contributed by atoms with E-state index in [9.17, 15) is 14.4 Å². The molecule has 35 heavy (non-hydrogen) atoms. The van der Waals surface area contributed by atoms with Gasteiger partial charge in [-0.3, -0.25) is 14.4 Å². The molecule has 4 rings (SSSR count). The standard InChI is InChI=1S/C28H35N3O4/c1-27(2,29)26(34)30-22(13-8-11-20-9-4-3-5-10-20)25(33)31-17-15-28(16-18-31)19-23(32)21-12-6-7-14-24(21)35-28/h3-7,9-10,12,14,22H,8,11,13,15-19,29H2,1-2H3,(H,30,34). The van der Waals surface area contributed by atoms with Gasteiger partial charge >= 0.3 is 0 Å². The van der Waals surface area contributed by atoms with E-state index < -0.39 is 17.2 Å². The topological polar surface area (TPSA) is 102 Å². The number of ketones is 1. The average Bonchev–Trinajstić information content (AvgIpc) is 2.83. The highest BCUT2D eigenvalue weighted by Gasteiger charge is 2.44. The largest absolute Gasteiger partial charge is 0.486 e. The molecule has 2 aliphatic heterocycles. The summed E-state index contributed by atoms with van der Waals surface area (Å²) in [5, 5.41) is 2.89. The molecule has 1 saturated heterocycles. The van der Waals surface area contributed by atoms with E-state index in [-0.39, 0.29) is 17.6 Å². The Labute approximate surface area is 207 Å². The summed E-state index contributed by atoms with van der Waals surface area (Å²) in [4.78, 5) is 40.6. The Hall–Kier alpha value is -3.19. The summed E-state index contributed by atoms with van der Waals surface area (Å²) < 4.78 is 6.30. The molecule has 2 aliphatic rings. The minimum Gasteiger partial charge on any atom is -0.486 e. The third-order valence-electron chi connectivity index (χ3n) is 6.97. The van der Waals surface area contributed by atoms with Crippen molar-refractivity contribution >= 4 is 17.6 Å². The van der Waals surface area contributed by atoms with E-state index in [4.69, 9.17) is 10.5 Å². The number of fused-ring (bicyclic) bond motifs is 1. The number of benzene rings is 2. The van der Waals surface area contributed by atoms with Crippen molar-refractivity contribution in [3.05, 3.63) is 65.7 Å². The number of para-hydroxylation sites is 1. The lowest BCUT2D eigenvalue weighted by Crippen LogP contribution is -2.59. The number of carbonyl (C=O) groups excluding carboxylic acids is 3. The van der Waals surface area contributed by atoms with Crippen molar-refractivity contribution in [2.45, 2.75) is 69.6 Å².